The molecule has 0 radical (unpaired) electrons. The molecule has 0 amide bonds. The van der Waals surface area contributed by atoms with E-state index in [1.807, 2.05) is 13.0 Å². The van der Waals surface area contributed by atoms with Crippen molar-refractivity contribution in [3.05, 3.63) is 35.6 Å². The Balaban J connectivity index is 3.92. The van der Waals surface area contributed by atoms with Gasteiger partial charge in [0, 0.05) is 5.03 Å². The highest BCUT2D eigenvalue weighted by molar-refractivity contribution is 6.31. The third kappa shape index (κ3) is 7.58. The van der Waals surface area contributed by atoms with Gasteiger partial charge >= 0.3 is 0 Å². The van der Waals surface area contributed by atoms with Crippen molar-refractivity contribution in [3.8, 4) is 0 Å². The van der Waals surface area contributed by atoms with Crippen molar-refractivity contribution < 1.29 is 4.74 Å². The summed E-state index contributed by atoms with van der Waals surface area (Å²) in [4.78, 5) is 0. The number of ether oxygens (including phenoxy) is 1. The van der Waals surface area contributed by atoms with E-state index in [0.717, 1.165) is 13.0 Å². The van der Waals surface area contributed by atoms with Crippen molar-refractivity contribution in [2.45, 2.75) is 40.0 Å². The van der Waals surface area contributed by atoms with Gasteiger partial charge in [-0.2, -0.15) is 0 Å². The van der Waals surface area contributed by atoms with Gasteiger partial charge < -0.3 is 4.74 Å². The van der Waals surface area contributed by atoms with Crippen molar-refractivity contribution >= 4 is 11.6 Å². The second-order valence-corrected chi connectivity index (χ2v) is 4.28. The van der Waals surface area contributed by atoms with Gasteiger partial charge in [-0.3, -0.25) is 0 Å². The largest absolute Gasteiger partial charge is 0.494 e. The normalized spacial score (nSPS) is 14.1. The molecule has 1 atom stereocenters. The first-order chi connectivity index (χ1) is 7.63. The minimum absolute atomic E-state index is 0.632. The lowest BCUT2D eigenvalue weighted by Gasteiger charge is -2.14. The summed E-state index contributed by atoms with van der Waals surface area (Å²) in [5.41, 5.74) is 0. The van der Waals surface area contributed by atoms with E-state index >= 15 is 0 Å². The van der Waals surface area contributed by atoms with Gasteiger partial charge in [-0.15, -0.1) is 0 Å². The van der Waals surface area contributed by atoms with Crippen molar-refractivity contribution in [2.24, 2.45) is 5.92 Å². The van der Waals surface area contributed by atoms with Crippen LogP contribution in [-0.4, -0.2) is 6.61 Å². The fraction of sp³-hybridized carbons (Fsp3) is 0.571. The summed E-state index contributed by atoms with van der Waals surface area (Å²) in [5, 5.41) is 0.699. The minimum atomic E-state index is 0.632. The van der Waals surface area contributed by atoms with Crippen molar-refractivity contribution in [3.63, 3.8) is 0 Å². The Morgan fingerprint density at radius 1 is 1.38 bits per heavy atom. The van der Waals surface area contributed by atoms with Gasteiger partial charge in [-0.1, -0.05) is 50.9 Å². The fourth-order valence-electron chi connectivity index (χ4n) is 1.36. The molecule has 0 N–H and O–H groups in total. The van der Waals surface area contributed by atoms with E-state index < -0.39 is 0 Å². The van der Waals surface area contributed by atoms with Crippen LogP contribution in [0.4, 0.5) is 0 Å². The molecule has 0 aliphatic carbocycles. The topological polar surface area (TPSA) is 9.23 Å². The van der Waals surface area contributed by atoms with Crippen LogP contribution in [0.5, 0.6) is 0 Å². The Hall–Kier alpha value is -0.690. The molecule has 92 valence electrons. The molecule has 16 heavy (non-hydrogen) atoms. The van der Waals surface area contributed by atoms with Gasteiger partial charge in [-0.25, -0.2) is 0 Å². The Kier molecular flexibility index (Phi) is 9.12. The molecular formula is C14H23ClO. The van der Waals surface area contributed by atoms with Crippen LogP contribution in [-0.2, 0) is 4.74 Å². The third-order valence-corrected chi connectivity index (χ3v) is 2.83. The van der Waals surface area contributed by atoms with E-state index in [0.29, 0.717) is 16.7 Å². The summed E-state index contributed by atoms with van der Waals surface area (Å²) in [5.74, 6) is 1.31. The highest BCUT2D eigenvalue weighted by atomic mass is 35.5. The molecule has 1 nitrogen and oxygen atoms in total. The summed E-state index contributed by atoms with van der Waals surface area (Å²) in [7, 11) is 0. The first-order valence-corrected chi connectivity index (χ1v) is 6.33. The number of halogens is 1. The molecule has 0 aromatic heterocycles. The SMILES string of the molecule is C=C(/C=C\C(Cl)=C/C)OCC(CC)CCC. The monoisotopic (exact) mass is 242 g/mol. The Bertz CT molecular complexity index is 253. The maximum absolute atomic E-state index is 5.83. The maximum Gasteiger partial charge on any atom is 0.112 e. The zero-order valence-electron chi connectivity index (χ0n) is 10.6. The molecule has 0 aliphatic heterocycles. The zero-order valence-corrected chi connectivity index (χ0v) is 11.4. The van der Waals surface area contributed by atoms with E-state index in [1.165, 1.54) is 12.8 Å². The van der Waals surface area contributed by atoms with Crippen LogP contribution < -0.4 is 0 Å². The molecule has 1 unspecified atom stereocenters. The fourth-order valence-corrected chi connectivity index (χ4v) is 1.42. The Labute approximate surface area is 105 Å². The van der Waals surface area contributed by atoms with E-state index in [2.05, 4.69) is 20.4 Å². The standard InChI is InChI=1S/C14H23ClO/c1-5-8-13(6-2)11-16-12(4)9-10-14(15)7-3/h7,9-10,13H,4-6,8,11H2,1-3H3/b10-9-,14-7+. The van der Waals surface area contributed by atoms with Crippen LogP contribution in [0.25, 0.3) is 0 Å². The van der Waals surface area contributed by atoms with Crippen LogP contribution in [0.2, 0.25) is 0 Å². The van der Waals surface area contributed by atoms with Gasteiger partial charge in [0.15, 0.2) is 0 Å². The van der Waals surface area contributed by atoms with Crippen LogP contribution in [0.15, 0.2) is 35.6 Å². The van der Waals surface area contributed by atoms with E-state index in [4.69, 9.17) is 16.3 Å². The molecular weight excluding hydrogens is 220 g/mol. The van der Waals surface area contributed by atoms with Crippen molar-refractivity contribution in [1.82, 2.24) is 0 Å². The van der Waals surface area contributed by atoms with Crippen LogP contribution in [0.1, 0.15) is 40.0 Å². The predicted octanol–water partition coefficient (Wildman–Crippen LogP) is 5.04. The molecule has 0 aliphatic rings. The second kappa shape index (κ2) is 9.53. The molecule has 0 saturated heterocycles. The van der Waals surface area contributed by atoms with Gasteiger partial charge in [0.2, 0.25) is 0 Å². The number of rotatable bonds is 8. The van der Waals surface area contributed by atoms with E-state index in [1.54, 1.807) is 12.2 Å². The predicted molar refractivity (Wildman–Crippen MR) is 72.5 cm³/mol. The molecule has 0 rings (SSSR count). The quantitative estimate of drug-likeness (QED) is 0.428. The maximum atomic E-state index is 5.83. The number of allylic oxidation sites excluding steroid dienone is 4. The number of hydrogen-bond donors (Lipinski definition) is 0. The average Bonchev–Trinajstić information content (AvgIpc) is 2.31. The molecule has 2 heteroatoms. The Morgan fingerprint density at radius 2 is 2.06 bits per heavy atom. The van der Waals surface area contributed by atoms with Crippen LogP contribution in [0.3, 0.4) is 0 Å². The molecule has 0 saturated carbocycles. The molecule has 0 bridgehead atoms. The van der Waals surface area contributed by atoms with Gasteiger partial charge in [-0.05, 0) is 31.4 Å². The zero-order chi connectivity index (χ0) is 12.4. The lowest BCUT2D eigenvalue weighted by molar-refractivity contribution is 0.167. The molecule has 0 spiro atoms. The van der Waals surface area contributed by atoms with Crippen LogP contribution >= 0.6 is 11.6 Å². The first kappa shape index (κ1) is 15.3. The summed E-state index contributed by atoms with van der Waals surface area (Å²) < 4.78 is 5.58. The smallest absolute Gasteiger partial charge is 0.112 e. The van der Waals surface area contributed by atoms with Crippen molar-refractivity contribution in [2.75, 3.05) is 6.61 Å². The summed E-state index contributed by atoms with van der Waals surface area (Å²) >= 11 is 5.83. The molecule has 0 fully saturated rings. The highest BCUT2D eigenvalue weighted by Crippen LogP contribution is 2.13. The molecule has 0 aromatic carbocycles. The van der Waals surface area contributed by atoms with Gasteiger partial charge in [0.05, 0.1) is 6.61 Å². The van der Waals surface area contributed by atoms with E-state index in [9.17, 15) is 0 Å². The van der Waals surface area contributed by atoms with E-state index in [-0.39, 0.29) is 0 Å². The van der Waals surface area contributed by atoms with Crippen LogP contribution in [0, 0.1) is 5.92 Å². The summed E-state index contributed by atoms with van der Waals surface area (Å²) in [6.45, 7) is 10.9. The third-order valence-electron chi connectivity index (χ3n) is 2.48. The first-order valence-electron chi connectivity index (χ1n) is 5.95. The van der Waals surface area contributed by atoms with Gasteiger partial charge in [0.25, 0.3) is 0 Å². The lowest BCUT2D eigenvalue weighted by atomic mass is 10.0. The lowest BCUT2D eigenvalue weighted by Crippen LogP contribution is -2.07. The number of hydrogen-bond acceptors (Lipinski definition) is 1. The second-order valence-electron chi connectivity index (χ2n) is 3.85. The summed E-state index contributed by atoms with van der Waals surface area (Å²) in [6.07, 6.45) is 9.00. The molecule has 0 heterocycles. The minimum Gasteiger partial charge on any atom is -0.494 e. The average molecular weight is 243 g/mol. The summed E-state index contributed by atoms with van der Waals surface area (Å²) in [6, 6.07) is 0. The molecule has 0 aromatic rings. The van der Waals surface area contributed by atoms with Gasteiger partial charge in [0.1, 0.15) is 5.76 Å². The highest BCUT2D eigenvalue weighted by Gasteiger charge is 2.05. The van der Waals surface area contributed by atoms with Crippen molar-refractivity contribution in [1.29, 1.82) is 0 Å². The Morgan fingerprint density at radius 3 is 2.56 bits per heavy atom.